The van der Waals surface area contributed by atoms with Gasteiger partial charge >= 0.3 is 0 Å². The Hall–Kier alpha value is -1.67. The van der Waals surface area contributed by atoms with Crippen molar-refractivity contribution in [2.45, 2.75) is 51.5 Å². The molecule has 1 fully saturated rings. The van der Waals surface area contributed by atoms with Crippen molar-refractivity contribution in [3.05, 3.63) is 0 Å². The largest absolute Gasteiger partial charge is 0.330 e. The van der Waals surface area contributed by atoms with E-state index in [2.05, 4.69) is 0 Å². The Morgan fingerprint density at radius 1 is 1.43 bits per heavy atom. The maximum Gasteiger partial charge on any atom is 0.268 e. The quantitative estimate of drug-likeness (QED) is 0.504. The molecule has 2 atom stereocenters. The molecule has 0 radical (unpaired) electrons. The molecule has 1 aliphatic rings. The number of nitrogens with zero attached hydrogens (tertiary/aromatic N) is 2. The average Bonchev–Trinajstić information content (AvgIpc) is 3.05. The van der Waals surface area contributed by atoms with Gasteiger partial charge in [-0.15, -0.1) is 0 Å². The Labute approximate surface area is 136 Å². The van der Waals surface area contributed by atoms with Crippen LogP contribution in [-0.2, 0) is 19.2 Å². The van der Waals surface area contributed by atoms with Gasteiger partial charge in [-0.05, 0) is 19.3 Å². The Balaban J connectivity index is 2.83. The van der Waals surface area contributed by atoms with Crippen LogP contribution in [0.25, 0.3) is 0 Å². The molecule has 0 aromatic rings. The molecule has 1 unspecified atom stereocenters. The molecule has 3 amide bonds. The van der Waals surface area contributed by atoms with Gasteiger partial charge < -0.3 is 4.90 Å². The van der Waals surface area contributed by atoms with Crippen LogP contribution in [0.4, 0.5) is 0 Å². The molecular formula is C15H27N3O5. The minimum Gasteiger partial charge on any atom is -0.330 e. The first-order valence-corrected chi connectivity index (χ1v) is 8.01. The smallest absolute Gasteiger partial charge is 0.268 e. The van der Waals surface area contributed by atoms with Crippen LogP contribution in [0.1, 0.15) is 45.4 Å². The summed E-state index contributed by atoms with van der Waals surface area (Å²) in [6.45, 7) is 2.50. The molecule has 1 rings (SSSR count). The van der Waals surface area contributed by atoms with Gasteiger partial charge in [0.25, 0.3) is 5.91 Å². The van der Waals surface area contributed by atoms with Crippen LogP contribution >= 0.6 is 0 Å². The van der Waals surface area contributed by atoms with Gasteiger partial charge in [-0.2, -0.15) is 0 Å². The number of carbonyl (C=O) groups is 3. The highest BCUT2D eigenvalue weighted by Gasteiger charge is 2.38. The van der Waals surface area contributed by atoms with E-state index in [1.54, 1.807) is 10.4 Å². The van der Waals surface area contributed by atoms with Crippen molar-refractivity contribution >= 4 is 17.7 Å². The molecule has 8 heteroatoms. The minimum atomic E-state index is -0.587. The number of hydrogen-bond donors (Lipinski definition) is 2. The fourth-order valence-corrected chi connectivity index (χ4v) is 2.85. The number of hydroxylamine groups is 3. The third-order valence-electron chi connectivity index (χ3n) is 4.22. The number of amides is 3. The molecule has 0 aromatic carbocycles. The van der Waals surface area contributed by atoms with Crippen molar-refractivity contribution in [3.8, 4) is 0 Å². The van der Waals surface area contributed by atoms with Gasteiger partial charge in [-0.1, -0.05) is 19.8 Å². The third-order valence-corrected chi connectivity index (χ3v) is 4.22. The lowest BCUT2D eigenvalue weighted by molar-refractivity contribution is -0.175. The predicted octanol–water partition coefficient (Wildman–Crippen LogP) is 0.699. The molecule has 0 bridgehead atoms. The molecule has 23 heavy (non-hydrogen) atoms. The van der Waals surface area contributed by atoms with Gasteiger partial charge in [-0.25, -0.2) is 10.5 Å². The monoisotopic (exact) mass is 329 g/mol. The minimum absolute atomic E-state index is 0.0765. The second-order valence-electron chi connectivity index (χ2n) is 5.79. The lowest BCUT2D eigenvalue weighted by atomic mass is 9.96. The summed E-state index contributed by atoms with van der Waals surface area (Å²) in [5, 5.41) is 9.82. The molecule has 8 nitrogen and oxygen atoms in total. The number of rotatable bonds is 8. The second-order valence-corrected chi connectivity index (χ2v) is 5.79. The fourth-order valence-electron chi connectivity index (χ4n) is 2.85. The molecular weight excluding hydrogens is 302 g/mol. The van der Waals surface area contributed by atoms with Gasteiger partial charge in [0, 0.05) is 25.9 Å². The van der Waals surface area contributed by atoms with Crippen molar-refractivity contribution in [2.24, 2.45) is 5.92 Å². The molecule has 132 valence electrons. The first-order chi connectivity index (χ1) is 11.0. The molecule has 1 heterocycles. The summed E-state index contributed by atoms with van der Waals surface area (Å²) >= 11 is 0. The standard InChI is InChI=1S/C15H27N3O5/c1-4-5-7-11(10-13(19)16-22)14(20)18-9-6-8-12(18)15(21)17(2)23-3/h11-12,22H,4-10H2,1-3H3,(H,16,19)/t11-,12?/m1/s1. The number of unbranched alkanes of at least 4 members (excludes halogenated alkanes) is 1. The summed E-state index contributed by atoms with van der Waals surface area (Å²) < 4.78 is 0. The number of hydrogen-bond acceptors (Lipinski definition) is 5. The molecule has 0 spiro atoms. The Morgan fingerprint density at radius 2 is 2.13 bits per heavy atom. The van der Waals surface area contributed by atoms with E-state index in [0.717, 1.165) is 24.3 Å². The highest BCUT2D eigenvalue weighted by molar-refractivity contribution is 5.90. The van der Waals surface area contributed by atoms with Crippen LogP contribution in [0, 0.1) is 5.92 Å². The van der Waals surface area contributed by atoms with Crippen molar-refractivity contribution in [2.75, 3.05) is 20.7 Å². The maximum absolute atomic E-state index is 12.8. The molecule has 1 aliphatic heterocycles. The third kappa shape index (κ3) is 5.18. The number of likely N-dealkylation sites (N-methyl/N-ethyl adjacent to an activating group) is 1. The lowest BCUT2D eigenvalue weighted by Crippen LogP contribution is -2.48. The topological polar surface area (TPSA) is 99.2 Å². The molecule has 1 saturated heterocycles. The summed E-state index contributed by atoms with van der Waals surface area (Å²) in [6.07, 6.45) is 3.52. The first kappa shape index (κ1) is 19.4. The van der Waals surface area contributed by atoms with Crippen molar-refractivity contribution in [1.29, 1.82) is 0 Å². The Morgan fingerprint density at radius 3 is 2.70 bits per heavy atom. The number of likely N-dealkylation sites (tertiary alicyclic amines) is 1. The van der Waals surface area contributed by atoms with E-state index in [-0.39, 0.29) is 18.2 Å². The SMILES string of the molecule is CCCC[C@H](CC(=O)NO)C(=O)N1CCCC1C(=O)N(C)OC. The Kier molecular flexibility index (Phi) is 7.97. The van der Waals surface area contributed by atoms with E-state index in [1.807, 2.05) is 6.92 Å². The molecule has 0 aromatic heterocycles. The summed E-state index contributed by atoms with van der Waals surface area (Å²) in [5.74, 6) is -1.58. The van der Waals surface area contributed by atoms with E-state index >= 15 is 0 Å². The Bertz CT molecular complexity index is 429. The molecule has 0 aliphatic carbocycles. The summed E-state index contributed by atoms with van der Waals surface area (Å²) in [4.78, 5) is 43.0. The van der Waals surface area contributed by atoms with Crippen LogP contribution in [0.15, 0.2) is 0 Å². The lowest BCUT2D eigenvalue weighted by Gasteiger charge is -2.29. The van der Waals surface area contributed by atoms with Crippen LogP contribution in [0.3, 0.4) is 0 Å². The first-order valence-electron chi connectivity index (χ1n) is 8.01. The summed E-state index contributed by atoms with van der Waals surface area (Å²) in [7, 11) is 2.91. The van der Waals surface area contributed by atoms with Gasteiger partial charge in [0.1, 0.15) is 6.04 Å². The van der Waals surface area contributed by atoms with Crippen LogP contribution in [-0.4, -0.2) is 59.6 Å². The van der Waals surface area contributed by atoms with Crippen LogP contribution < -0.4 is 5.48 Å². The van der Waals surface area contributed by atoms with E-state index in [4.69, 9.17) is 10.0 Å². The van der Waals surface area contributed by atoms with E-state index in [0.29, 0.717) is 19.4 Å². The fraction of sp³-hybridized carbons (Fsp3) is 0.800. The normalized spacial score (nSPS) is 18.6. The highest BCUT2D eigenvalue weighted by Crippen LogP contribution is 2.25. The van der Waals surface area contributed by atoms with Crippen molar-refractivity contribution in [1.82, 2.24) is 15.4 Å². The summed E-state index contributed by atoms with van der Waals surface area (Å²) in [5.41, 5.74) is 1.57. The average molecular weight is 329 g/mol. The zero-order valence-electron chi connectivity index (χ0n) is 14.1. The van der Waals surface area contributed by atoms with Crippen LogP contribution in [0.2, 0.25) is 0 Å². The van der Waals surface area contributed by atoms with Crippen molar-refractivity contribution in [3.63, 3.8) is 0 Å². The zero-order valence-corrected chi connectivity index (χ0v) is 14.1. The predicted molar refractivity (Wildman–Crippen MR) is 82.1 cm³/mol. The molecule has 2 N–H and O–H groups in total. The maximum atomic E-state index is 12.8. The van der Waals surface area contributed by atoms with E-state index < -0.39 is 17.9 Å². The number of nitrogens with one attached hydrogen (secondary N) is 1. The zero-order chi connectivity index (χ0) is 17.4. The van der Waals surface area contributed by atoms with Gasteiger partial charge in [-0.3, -0.25) is 24.4 Å². The van der Waals surface area contributed by atoms with Crippen molar-refractivity contribution < 1.29 is 24.4 Å². The van der Waals surface area contributed by atoms with Gasteiger partial charge in [0.15, 0.2) is 0 Å². The van der Waals surface area contributed by atoms with Crippen LogP contribution in [0.5, 0.6) is 0 Å². The highest BCUT2D eigenvalue weighted by atomic mass is 16.7. The number of carbonyl (C=O) groups excluding carboxylic acids is 3. The summed E-state index contributed by atoms with van der Waals surface area (Å²) in [6, 6.07) is -0.547. The van der Waals surface area contributed by atoms with Gasteiger partial charge in [0.05, 0.1) is 7.11 Å². The van der Waals surface area contributed by atoms with E-state index in [1.165, 1.54) is 14.2 Å². The second kappa shape index (κ2) is 9.46. The van der Waals surface area contributed by atoms with E-state index in [9.17, 15) is 14.4 Å². The van der Waals surface area contributed by atoms with Gasteiger partial charge in [0.2, 0.25) is 11.8 Å². The molecule has 0 saturated carbocycles.